The van der Waals surface area contributed by atoms with Crippen molar-refractivity contribution in [2.24, 2.45) is 0 Å². The second kappa shape index (κ2) is 3.53. The fraction of sp³-hybridized carbons (Fsp3) is 0.286. The minimum absolute atomic E-state index is 0.101. The molecule has 1 aromatic heterocycles. The highest BCUT2D eigenvalue weighted by Gasteiger charge is 2.12. The lowest BCUT2D eigenvalue weighted by Gasteiger charge is -1.89. The lowest BCUT2D eigenvalue weighted by atomic mass is 10.4. The fourth-order valence-electron chi connectivity index (χ4n) is 0.649. The fourth-order valence-corrected chi connectivity index (χ4v) is 0.649. The van der Waals surface area contributed by atoms with Gasteiger partial charge in [0.2, 0.25) is 0 Å². The summed E-state index contributed by atoms with van der Waals surface area (Å²) in [6.07, 6.45) is 1.43. The van der Waals surface area contributed by atoms with Crippen LogP contribution < -0.4 is 0 Å². The van der Waals surface area contributed by atoms with Crippen LogP contribution in [0.15, 0.2) is 10.6 Å². The summed E-state index contributed by atoms with van der Waals surface area (Å²) < 4.78 is 9.22. The van der Waals surface area contributed by atoms with Gasteiger partial charge in [-0.1, -0.05) is 0 Å². The first-order valence-electron chi connectivity index (χ1n) is 3.18. The molecular formula is C7H6N2O3. The Bertz CT molecular complexity index is 324. The number of hydrogen-bond acceptors (Lipinski definition) is 5. The summed E-state index contributed by atoms with van der Waals surface area (Å²) >= 11 is 0. The number of nitriles is 1. The van der Waals surface area contributed by atoms with Crippen molar-refractivity contribution in [1.29, 1.82) is 5.26 Å². The third-order valence-corrected chi connectivity index (χ3v) is 1.17. The number of ether oxygens (including phenoxy) is 1. The number of esters is 1. The van der Waals surface area contributed by atoms with Crippen molar-refractivity contribution in [3.05, 3.63) is 17.8 Å². The molecule has 0 spiro atoms. The van der Waals surface area contributed by atoms with Crippen LogP contribution in [0.4, 0.5) is 0 Å². The molecule has 0 atom stereocenters. The maximum Gasteiger partial charge on any atom is 0.394 e. The molecule has 62 valence electrons. The van der Waals surface area contributed by atoms with Crippen LogP contribution in [-0.4, -0.2) is 18.1 Å². The molecular weight excluding hydrogens is 160 g/mol. The number of aromatic nitrogens is 1. The minimum Gasteiger partial charge on any atom is -0.462 e. The van der Waals surface area contributed by atoms with E-state index in [2.05, 4.69) is 9.72 Å². The van der Waals surface area contributed by atoms with Crippen molar-refractivity contribution in [2.45, 2.75) is 6.42 Å². The predicted molar refractivity (Wildman–Crippen MR) is 37.2 cm³/mol. The largest absolute Gasteiger partial charge is 0.462 e. The summed E-state index contributed by atoms with van der Waals surface area (Å²) in [6, 6.07) is 1.87. The van der Waals surface area contributed by atoms with E-state index in [1.165, 1.54) is 13.3 Å². The molecule has 0 radical (unpaired) electrons. The van der Waals surface area contributed by atoms with Crippen molar-refractivity contribution in [3.8, 4) is 6.07 Å². The van der Waals surface area contributed by atoms with Crippen LogP contribution in [0.3, 0.4) is 0 Å². The van der Waals surface area contributed by atoms with Crippen LogP contribution >= 0.6 is 0 Å². The molecule has 5 heteroatoms. The number of carbonyl (C=O) groups excluding carboxylic acids is 1. The first kappa shape index (κ1) is 8.27. The van der Waals surface area contributed by atoms with Gasteiger partial charge in [-0.15, -0.1) is 0 Å². The molecule has 0 unspecified atom stereocenters. The Morgan fingerprint density at radius 1 is 1.92 bits per heavy atom. The molecule has 0 bridgehead atoms. The number of oxazole rings is 1. The molecule has 0 aliphatic carbocycles. The van der Waals surface area contributed by atoms with Gasteiger partial charge in [-0.3, -0.25) is 0 Å². The standard InChI is InChI=1S/C7H6N2O3/c1-11-7(10)6-9-4-5(12-6)2-3-8/h4H,2H2,1H3. The monoisotopic (exact) mass is 166 g/mol. The van der Waals surface area contributed by atoms with E-state index < -0.39 is 5.97 Å². The highest BCUT2D eigenvalue weighted by Crippen LogP contribution is 2.04. The Balaban J connectivity index is 2.78. The summed E-state index contributed by atoms with van der Waals surface area (Å²) in [5.74, 6) is -0.403. The normalized spacial score (nSPS) is 9.00. The molecule has 1 heterocycles. The van der Waals surface area contributed by atoms with E-state index in [4.69, 9.17) is 9.68 Å². The lowest BCUT2D eigenvalue weighted by molar-refractivity contribution is 0.0554. The van der Waals surface area contributed by atoms with Crippen LogP contribution in [0.2, 0.25) is 0 Å². The minimum atomic E-state index is -0.640. The van der Waals surface area contributed by atoms with Gasteiger partial charge in [-0.05, 0) is 0 Å². The topological polar surface area (TPSA) is 76.1 Å². The van der Waals surface area contributed by atoms with Crippen LogP contribution in [0.5, 0.6) is 0 Å². The van der Waals surface area contributed by atoms with Crippen LogP contribution in [0.1, 0.15) is 16.4 Å². The zero-order valence-electron chi connectivity index (χ0n) is 6.40. The molecule has 0 fully saturated rings. The summed E-state index contributed by atoms with van der Waals surface area (Å²) in [6.45, 7) is 0. The van der Waals surface area contributed by atoms with E-state index in [1.54, 1.807) is 0 Å². The smallest absolute Gasteiger partial charge is 0.394 e. The van der Waals surface area contributed by atoms with E-state index >= 15 is 0 Å². The van der Waals surface area contributed by atoms with Crippen LogP contribution in [0, 0.1) is 11.3 Å². The first-order valence-corrected chi connectivity index (χ1v) is 3.18. The average Bonchev–Trinajstić information content (AvgIpc) is 2.52. The summed E-state index contributed by atoms with van der Waals surface area (Å²) in [4.78, 5) is 14.4. The maximum absolute atomic E-state index is 10.8. The summed E-state index contributed by atoms with van der Waals surface area (Å²) in [7, 11) is 1.23. The molecule has 0 N–H and O–H groups in total. The molecule has 0 saturated heterocycles. The Kier molecular flexibility index (Phi) is 2.43. The van der Waals surface area contributed by atoms with E-state index in [-0.39, 0.29) is 12.3 Å². The van der Waals surface area contributed by atoms with Gasteiger partial charge in [0, 0.05) is 0 Å². The molecule has 1 rings (SSSR count). The Morgan fingerprint density at radius 2 is 2.67 bits per heavy atom. The van der Waals surface area contributed by atoms with Gasteiger partial charge in [-0.2, -0.15) is 5.26 Å². The Morgan fingerprint density at radius 3 is 3.25 bits per heavy atom. The molecule has 0 aliphatic rings. The van der Waals surface area contributed by atoms with E-state index in [1.807, 2.05) is 6.07 Å². The maximum atomic E-state index is 10.8. The van der Waals surface area contributed by atoms with Crippen molar-refractivity contribution in [2.75, 3.05) is 7.11 Å². The van der Waals surface area contributed by atoms with Gasteiger partial charge >= 0.3 is 11.9 Å². The Labute approximate surface area is 68.6 Å². The zero-order valence-corrected chi connectivity index (χ0v) is 6.40. The molecule has 1 aromatic rings. The van der Waals surface area contributed by atoms with Gasteiger partial charge in [-0.25, -0.2) is 9.78 Å². The average molecular weight is 166 g/mol. The third-order valence-electron chi connectivity index (χ3n) is 1.17. The lowest BCUT2D eigenvalue weighted by Crippen LogP contribution is -2.00. The van der Waals surface area contributed by atoms with Crippen molar-refractivity contribution < 1.29 is 13.9 Å². The van der Waals surface area contributed by atoms with Gasteiger partial charge in [0.05, 0.1) is 25.8 Å². The predicted octanol–water partition coefficient (Wildman–Crippen LogP) is 0.527. The zero-order chi connectivity index (χ0) is 8.97. The number of hydrogen-bond donors (Lipinski definition) is 0. The molecule has 12 heavy (non-hydrogen) atoms. The highest BCUT2D eigenvalue weighted by molar-refractivity contribution is 5.83. The van der Waals surface area contributed by atoms with Crippen molar-refractivity contribution in [1.82, 2.24) is 4.98 Å². The van der Waals surface area contributed by atoms with Gasteiger partial charge < -0.3 is 9.15 Å². The van der Waals surface area contributed by atoms with Crippen LogP contribution in [-0.2, 0) is 11.2 Å². The number of methoxy groups -OCH3 is 1. The molecule has 0 aromatic carbocycles. The highest BCUT2D eigenvalue weighted by atomic mass is 16.5. The SMILES string of the molecule is COC(=O)c1ncc(CC#N)o1. The third kappa shape index (κ3) is 1.61. The Hall–Kier alpha value is -1.83. The van der Waals surface area contributed by atoms with Crippen molar-refractivity contribution in [3.63, 3.8) is 0 Å². The quantitative estimate of drug-likeness (QED) is 0.599. The number of carbonyl (C=O) groups is 1. The molecule has 0 saturated carbocycles. The molecule has 0 amide bonds. The molecule has 0 aliphatic heterocycles. The second-order valence-electron chi connectivity index (χ2n) is 1.96. The molecule has 5 nitrogen and oxygen atoms in total. The van der Waals surface area contributed by atoms with Gasteiger partial charge in [0.15, 0.2) is 0 Å². The van der Waals surface area contributed by atoms with Gasteiger partial charge in [0.25, 0.3) is 0 Å². The van der Waals surface area contributed by atoms with Crippen LogP contribution in [0.25, 0.3) is 0 Å². The van der Waals surface area contributed by atoms with Crippen molar-refractivity contribution >= 4 is 5.97 Å². The second-order valence-corrected chi connectivity index (χ2v) is 1.96. The van der Waals surface area contributed by atoms with E-state index in [0.717, 1.165) is 0 Å². The van der Waals surface area contributed by atoms with E-state index in [9.17, 15) is 4.79 Å². The summed E-state index contributed by atoms with van der Waals surface area (Å²) in [5, 5.41) is 8.27. The first-order chi connectivity index (χ1) is 5.77. The number of rotatable bonds is 2. The van der Waals surface area contributed by atoms with Gasteiger partial charge in [0.1, 0.15) is 5.76 Å². The van der Waals surface area contributed by atoms with E-state index in [0.29, 0.717) is 5.76 Å². The summed E-state index contributed by atoms with van der Waals surface area (Å²) in [5.41, 5.74) is 0. The number of nitrogens with zero attached hydrogens (tertiary/aromatic N) is 2.